The molecule has 2 rings (SSSR count). The van der Waals surface area contributed by atoms with Gasteiger partial charge >= 0.3 is 29.6 Å². The standard InChI is InChI=1S/C16H33.C10H8O3S.Na/c1-3-5-7-9-11-13-15-16-14-12-10-8-6-4-2;11-14(12,13)10-7-3-5-8-4-1-2-6-9(8)10;/h1,3-16H2,2H3;1-7H,(H,11,12,13);/q-1;;+1. The quantitative estimate of drug-likeness (QED) is 0.179. The van der Waals surface area contributed by atoms with Crippen molar-refractivity contribution in [1.29, 1.82) is 0 Å². The molecule has 0 spiro atoms. The van der Waals surface area contributed by atoms with Gasteiger partial charge in [-0.3, -0.25) is 4.55 Å². The van der Waals surface area contributed by atoms with Gasteiger partial charge in [0, 0.05) is 5.39 Å². The van der Waals surface area contributed by atoms with Crippen LogP contribution < -0.4 is 29.6 Å². The van der Waals surface area contributed by atoms with Crippen LogP contribution in [0.2, 0.25) is 0 Å². The van der Waals surface area contributed by atoms with E-state index in [9.17, 15) is 8.42 Å². The minimum absolute atomic E-state index is 0. The molecule has 0 aliphatic carbocycles. The van der Waals surface area contributed by atoms with Gasteiger partial charge in [0.25, 0.3) is 10.1 Å². The molecule has 2 aromatic rings. The van der Waals surface area contributed by atoms with E-state index in [1.54, 1.807) is 30.3 Å². The van der Waals surface area contributed by atoms with E-state index in [-0.39, 0.29) is 34.5 Å². The Hall–Kier alpha value is -0.390. The predicted octanol–water partition coefficient (Wildman–Crippen LogP) is 5.39. The average Bonchev–Trinajstić information content (AvgIpc) is 2.74. The van der Waals surface area contributed by atoms with E-state index in [4.69, 9.17) is 4.55 Å². The van der Waals surface area contributed by atoms with Crippen LogP contribution in [0.3, 0.4) is 0 Å². The van der Waals surface area contributed by atoms with E-state index >= 15 is 0 Å². The Kier molecular flexibility index (Phi) is 18.9. The van der Waals surface area contributed by atoms with Crippen molar-refractivity contribution in [2.45, 2.75) is 102 Å². The molecule has 0 aromatic heterocycles. The first-order valence-corrected chi connectivity index (χ1v) is 13.2. The molecule has 0 bridgehead atoms. The summed E-state index contributed by atoms with van der Waals surface area (Å²) in [6, 6.07) is 11.8. The summed E-state index contributed by atoms with van der Waals surface area (Å²) in [5.41, 5.74) is 0. The van der Waals surface area contributed by atoms with E-state index in [0.29, 0.717) is 5.39 Å². The maximum absolute atomic E-state index is 11.0. The molecule has 2 aromatic carbocycles. The van der Waals surface area contributed by atoms with Crippen molar-refractivity contribution < 1.29 is 42.5 Å². The number of benzene rings is 2. The summed E-state index contributed by atoms with van der Waals surface area (Å²) in [5.74, 6) is 0. The van der Waals surface area contributed by atoms with E-state index in [1.165, 1.54) is 89.5 Å². The van der Waals surface area contributed by atoms with Crippen LogP contribution in [0.25, 0.3) is 10.8 Å². The summed E-state index contributed by atoms with van der Waals surface area (Å²) in [5, 5.41) is 1.33. The normalized spacial score (nSPS) is 10.9. The van der Waals surface area contributed by atoms with Crippen LogP contribution in [-0.4, -0.2) is 13.0 Å². The topological polar surface area (TPSA) is 54.4 Å². The fourth-order valence-corrected chi connectivity index (χ4v) is 4.33. The van der Waals surface area contributed by atoms with E-state index in [0.717, 1.165) is 11.8 Å². The van der Waals surface area contributed by atoms with Crippen molar-refractivity contribution in [2.24, 2.45) is 0 Å². The number of hydrogen-bond donors (Lipinski definition) is 1. The first-order valence-electron chi connectivity index (χ1n) is 11.7. The Morgan fingerprint density at radius 3 is 1.65 bits per heavy atom. The molecule has 0 amide bonds. The Morgan fingerprint density at radius 2 is 1.16 bits per heavy atom. The number of unbranched alkanes of at least 4 members (excludes halogenated alkanes) is 13. The largest absolute Gasteiger partial charge is 1.00 e. The van der Waals surface area contributed by atoms with Gasteiger partial charge in [-0.25, -0.2) is 0 Å². The van der Waals surface area contributed by atoms with Gasteiger partial charge in [0.05, 0.1) is 0 Å². The summed E-state index contributed by atoms with van der Waals surface area (Å²) >= 11 is 0. The molecule has 170 valence electrons. The first-order chi connectivity index (χ1) is 14.5. The minimum atomic E-state index is -4.13. The number of fused-ring (bicyclic) bond motifs is 1. The molecule has 0 unspecified atom stereocenters. The molecule has 3 nitrogen and oxygen atoms in total. The van der Waals surface area contributed by atoms with Gasteiger partial charge in [-0.2, -0.15) is 14.8 Å². The molecular weight excluding hydrogens is 415 g/mol. The number of hydrogen-bond acceptors (Lipinski definition) is 2. The maximum atomic E-state index is 11.0. The van der Waals surface area contributed by atoms with Gasteiger partial charge in [0.2, 0.25) is 0 Å². The van der Waals surface area contributed by atoms with Crippen molar-refractivity contribution in [3.8, 4) is 0 Å². The third-order valence-electron chi connectivity index (χ3n) is 5.38. The molecule has 31 heavy (non-hydrogen) atoms. The summed E-state index contributed by atoms with van der Waals surface area (Å²) in [7, 11) is -4.13. The predicted molar refractivity (Wildman–Crippen MR) is 129 cm³/mol. The van der Waals surface area contributed by atoms with Crippen LogP contribution in [0.1, 0.15) is 96.8 Å². The fourth-order valence-electron chi connectivity index (χ4n) is 3.62. The second-order valence-electron chi connectivity index (χ2n) is 8.05. The Labute approximate surface area is 213 Å². The first kappa shape index (κ1) is 30.6. The molecular formula is C26H41NaO3S. The van der Waals surface area contributed by atoms with Crippen LogP contribution in [0.4, 0.5) is 0 Å². The third-order valence-corrected chi connectivity index (χ3v) is 6.29. The van der Waals surface area contributed by atoms with Crippen molar-refractivity contribution >= 4 is 20.9 Å². The van der Waals surface area contributed by atoms with Gasteiger partial charge in [0.1, 0.15) is 4.90 Å². The Bertz CT molecular complexity index is 771. The van der Waals surface area contributed by atoms with Gasteiger partial charge in [-0.05, 0) is 11.5 Å². The molecule has 0 heterocycles. The zero-order valence-electron chi connectivity index (χ0n) is 19.8. The van der Waals surface area contributed by atoms with Gasteiger partial charge in [-0.15, -0.1) is 0 Å². The Balaban J connectivity index is 0.000000565. The molecule has 0 atom stereocenters. The van der Waals surface area contributed by atoms with E-state index in [1.807, 2.05) is 6.07 Å². The Morgan fingerprint density at radius 1 is 0.710 bits per heavy atom. The zero-order chi connectivity index (χ0) is 22.1. The van der Waals surface area contributed by atoms with E-state index in [2.05, 4.69) is 13.8 Å². The molecule has 0 fully saturated rings. The summed E-state index contributed by atoms with van der Waals surface area (Å²) in [6.07, 6.45) is 19.8. The van der Waals surface area contributed by atoms with Crippen LogP contribution in [0.5, 0.6) is 0 Å². The van der Waals surface area contributed by atoms with Crippen molar-refractivity contribution in [3.05, 3.63) is 49.4 Å². The average molecular weight is 457 g/mol. The van der Waals surface area contributed by atoms with Gasteiger partial charge in [0.15, 0.2) is 0 Å². The van der Waals surface area contributed by atoms with Crippen LogP contribution in [0, 0.1) is 6.92 Å². The van der Waals surface area contributed by atoms with Gasteiger partial charge < -0.3 is 6.92 Å². The molecule has 0 saturated carbocycles. The molecule has 5 heteroatoms. The molecule has 0 saturated heterocycles. The van der Waals surface area contributed by atoms with Crippen molar-refractivity contribution in [3.63, 3.8) is 0 Å². The molecule has 1 N–H and O–H groups in total. The van der Waals surface area contributed by atoms with Crippen LogP contribution in [0.15, 0.2) is 47.4 Å². The fraction of sp³-hybridized carbons (Fsp3) is 0.577. The minimum Gasteiger partial charge on any atom is -0.343 e. The van der Waals surface area contributed by atoms with E-state index < -0.39 is 10.1 Å². The SMILES string of the molecule is O=S(=O)(O)c1cccc2ccccc12.[CH2-]CCCCCCCCCCCCCCC.[Na+]. The van der Waals surface area contributed by atoms with Crippen molar-refractivity contribution in [2.75, 3.05) is 0 Å². The zero-order valence-corrected chi connectivity index (χ0v) is 22.6. The summed E-state index contributed by atoms with van der Waals surface area (Å²) in [6.45, 7) is 6.16. The molecule has 0 radical (unpaired) electrons. The molecule has 0 aliphatic heterocycles. The monoisotopic (exact) mass is 456 g/mol. The third kappa shape index (κ3) is 14.4. The number of rotatable bonds is 14. The van der Waals surface area contributed by atoms with Crippen molar-refractivity contribution in [1.82, 2.24) is 0 Å². The summed E-state index contributed by atoms with van der Waals surface area (Å²) < 4.78 is 31.0. The second-order valence-corrected chi connectivity index (χ2v) is 9.44. The smallest absolute Gasteiger partial charge is 0.343 e. The maximum Gasteiger partial charge on any atom is 1.00 e. The molecule has 0 aliphatic rings. The summed E-state index contributed by atoms with van der Waals surface area (Å²) in [4.78, 5) is -0.0457. The van der Waals surface area contributed by atoms with Crippen LogP contribution >= 0.6 is 0 Å². The van der Waals surface area contributed by atoms with Gasteiger partial charge in [-0.1, -0.05) is 127 Å². The second kappa shape index (κ2) is 19.1. The van der Waals surface area contributed by atoms with Crippen LogP contribution in [-0.2, 0) is 10.1 Å².